The molecule has 2 atom stereocenters. The van der Waals surface area contributed by atoms with Crippen LogP contribution in [0.3, 0.4) is 0 Å². The van der Waals surface area contributed by atoms with Gasteiger partial charge in [0, 0.05) is 43.3 Å². The maximum atomic E-state index is 13.2. The van der Waals surface area contributed by atoms with Gasteiger partial charge in [-0.15, -0.1) is 11.3 Å². The first-order chi connectivity index (χ1) is 12.1. The first-order valence-corrected chi connectivity index (χ1v) is 9.89. The molecule has 0 radical (unpaired) electrons. The second kappa shape index (κ2) is 6.53. The van der Waals surface area contributed by atoms with Crippen molar-refractivity contribution in [3.05, 3.63) is 34.0 Å². The summed E-state index contributed by atoms with van der Waals surface area (Å²) in [5, 5.41) is 14.2. The maximum absolute atomic E-state index is 13.2. The Kier molecular flexibility index (Phi) is 4.37. The number of aromatic nitrogens is 3. The summed E-state index contributed by atoms with van der Waals surface area (Å²) in [6, 6.07) is 0. The predicted octanol–water partition coefficient (Wildman–Crippen LogP) is 2.07. The summed E-state index contributed by atoms with van der Waals surface area (Å²) in [4.78, 5) is 17.9. The molecule has 2 aromatic rings. The van der Waals surface area contributed by atoms with Crippen LogP contribution < -0.4 is 10.6 Å². The van der Waals surface area contributed by atoms with Crippen molar-refractivity contribution in [2.75, 3.05) is 13.1 Å². The normalized spacial score (nSPS) is 25.4. The molecule has 6 nitrogen and oxygen atoms in total. The molecule has 2 aliphatic rings. The molecule has 2 N–H and O–H groups in total. The molecule has 2 aromatic heterocycles. The van der Waals surface area contributed by atoms with Gasteiger partial charge in [-0.1, -0.05) is 12.8 Å². The summed E-state index contributed by atoms with van der Waals surface area (Å²) in [6.07, 6.45) is 8.18. The van der Waals surface area contributed by atoms with E-state index in [0.717, 1.165) is 55.0 Å². The van der Waals surface area contributed by atoms with Gasteiger partial charge in [-0.2, -0.15) is 5.10 Å². The van der Waals surface area contributed by atoms with Crippen LogP contribution >= 0.6 is 11.3 Å². The van der Waals surface area contributed by atoms with Crippen LogP contribution in [-0.4, -0.2) is 33.8 Å². The number of nitrogens with one attached hydrogen (secondary N) is 2. The third-order valence-corrected chi connectivity index (χ3v) is 6.72. The van der Waals surface area contributed by atoms with Gasteiger partial charge in [0.25, 0.3) is 0 Å². The van der Waals surface area contributed by atoms with Gasteiger partial charge >= 0.3 is 0 Å². The van der Waals surface area contributed by atoms with Crippen molar-refractivity contribution in [3.8, 4) is 0 Å². The van der Waals surface area contributed by atoms with E-state index in [9.17, 15) is 4.79 Å². The average Bonchev–Trinajstić information content (AvgIpc) is 3.33. The average molecular weight is 359 g/mol. The van der Waals surface area contributed by atoms with E-state index in [4.69, 9.17) is 4.98 Å². The van der Waals surface area contributed by atoms with Gasteiger partial charge in [-0.3, -0.25) is 9.48 Å². The Morgan fingerprint density at radius 2 is 2.20 bits per heavy atom. The third-order valence-electron chi connectivity index (χ3n) is 5.55. The smallest absolute Gasteiger partial charge is 0.225 e. The van der Waals surface area contributed by atoms with E-state index in [-0.39, 0.29) is 23.3 Å². The van der Waals surface area contributed by atoms with Crippen LogP contribution in [-0.2, 0) is 17.4 Å². The molecule has 1 saturated heterocycles. The Hall–Kier alpha value is -1.73. The Labute approximate surface area is 152 Å². The molecule has 4 rings (SSSR count). The highest BCUT2D eigenvalue weighted by Gasteiger charge is 2.43. The SMILES string of the molecule is Cc1csc(C2(NC(=O)[C@H]3CNC[C@@H]3c3cnn(C)c3)CCCC2)n1. The molecule has 1 aliphatic carbocycles. The maximum Gasteiger partial charge on any atom is 0.225 e. The summed E-state index contributed by atoms with van der Waals surface area (Å²) in [7, 11) is 1.92. The number of carbonyl (C=O) groups is 1. The largest absolute Gasteiger partial charge is 0.344 e. The number of nitrogens with zero attached hydrogens (tertiary/aromatic N) is 3. The van der Waals surface area contributed by atoms with Crippen molar-refractivity contribution >= 4 is 17.2 Å². The number of aryl methyl sites for hydroxylation is 2. The quantitative estimate of drug-likeness (QED) is 0.877. The number of hydrogen-bond acceptors (Lipinski definition) is 5. The fraction of sp³-hybridized carbons (Fsp3) is 0.611. The molecular weight excluding hydrogens is 334 g/mol. The Morgan fingerprint density at radius 3 is 2.84 bits per heavy atom. The molecule has 1 aliphatic heterocycles. The van der Waals surface area contributed by atoms with Crippen LogP contribution in [0.5, 0.6) is 0 Å². The highest BCUT2D eigenvalue weighted by molar-refractivity contribution is 7.09. The van der Waals surface area contributed by atoms with Gasteiger partial charge in [0.05, 0.1) is 17.7 Å². The molecule has 0 bridgehead atoms. The van der Waals surface area contributed by atoms with E-state index >= 15 is 0 Å². The molecule has 0 aromatic carbocycles. The molecule has 3 heterocycles. The zero-order chi connectivity index (χ0) is 17.4. The summed E-state index contributed by atoms with van der Waals surface area (Å²) in [5.74, 6) is 0.279. The number of carbonyl (C=O) groups excluding carboxylic acids is 1. The summed E-state index contributed by atoms with van der Waals surface area (Å²) in [6.45, 7) is 3.56. The Balaban J connectivity index is 1.55. The molecular formula is C18H25N5OS. The fourth-order valence-electron chi connectivity index (χ4n) is 4.21. The monoisotopic (exact) mass is 359 g/mol. The standard InChI is InChI=1S/C18H25N5OS/c1-12-11-25-17(21-12)18(5-3-4-6-18)22-16(24)15-9-19-8-14(15)13-7-20-23(2)10-13/h7,10-11,14-15,19H,3-6,8-9H2,1-2H3,(H,22,24)/t14-,15+/m1/s1. The molecule has 1 amide bonds. The van der Waals surface area contributed by atoms with E-state index in [0.29, 0.717) is 0 Å². The van der Waals surface area contributed by atoms with Crippen LogP contribution in [0.25, 0.3) is 0 Å². The van der Waals surface area contributed by atoms with Gasteiger partial charge in [-0.05, 0) is 25.3 Å². The van der Waals surface area contributed by atoms with Crippen molar-refractivity contribution in [2.24, 2.45) is 13.0 Å². The Morgan fingerprint density at radius 1 is 1.40 bits per heavy atom. The van der Waals surface area contributed by atoms with Gasteiger partial charge in [0.2, 0.25) is 5.91 Å². The number of thiazole rings is 1. The van der Waals surface area contributed by atoms with E-state index < -0.39 is 0 Å². The van der Waals surface area contributed by atoms with Crippen LogP contribution in [0.1, 0.15) is 47.9 Å². The molecule has 1 saturated carbocycles. The van der Waals surface area contributed by atoms with Crippen molar-refractivity contribution in [2.45, 2.75) is 44.1 Å². The number of amides is 1. The molecule has 2 fully saturated rings. The van der Waals surface area contributed by atoms with Gasteiger partial charge in [0.15, 0.2) is 0 Å². The topological polar surface area (TPSA) is 71.8 Å². The molecule has 0 unspecified atom stereocenters. The molecule has 25 heavy (non-hydrogen) atoms. The highest BCUT2D eigenvalue weighted by Crippen LogP contribution is 2.41. The lowest BCUT2D eigenvalue weighted by Gasteiger charge is -2.30. The Bertz CT molecular complexity index is 761. The highest BCUT2D eigenvalue weighted by atomic mass is 32.1. The second-order valence-electron chi connectivity index (χ2n) is 7.39. The first-order valence-electron chi connectivity index (χ1n) is 9.01. The summed E-state index contributed by atoms with van der Waals surface area (Å²) in [5.41, 5.74) is 1.91. The third kappa shape index (κ3) is 3.11. The van der Waals surface area contributed by atoms with Gasteiger partial charge in [0.1, 0.15) is 5.01 Å². The zero-order valence-corrected chi connectivity index (χ0v) is 15.6. The minimum Gasteiger partial charge on any atom is -0.344 e. The fourth-order valence-corrected chi connectivity index (χ4v) is 5.22. The van der Waals surface area contributed by atoms with Crippen molar-refractivity contribution in [1.82, 2.24) is 25.4 Å². The van der Waals surface area contributed by atoms with E-state index in [2.05, 4.69) is 21.1 Å². The lowest BCUT2D eigenvalue weighted by Crippen LogP contribution is -2.47. The van der Waals surface area contributed by atoms with Crippen LogP contribution in [0, 0.1) is 12.8 Å². The summed E-state index contributed by atoms with van der Waals surface area (Å²) >= 11 is 1.68. The van der Waals surface area contributed by atoms with Crippen LogP contribution in [0.2, 0.25) is 0 Å². The molecule has 0 spiro atoms. The van der Waals surface area contributed by atoms with Gasteiger partial charge in [-0.25, -0.2) is 4.98 Å². The number of rotatable bonds is 4. The van der Waals surface area contributed by atoms with E-state index in [1.54, 1.807) is 16.0 Å². The van der Waals surface area contributed by atoms with E-state index in [1.165, 1.54) is 0 Å². The lowest BCUT2D eigenvalue weighted by molar-refractivity contribution is -0.127. The van der Waals surface area contributed by atoms with Crippen molar-refractivity contribution < 1.29 is 4.79 Å². The molecule has 134 valence electrons. The van der Waals surface area contributed by atoms with Crippen molar-refractivity contribution in [1.29, 1.82) is 0 Å². The van der Waals surface area contributed by atoms with Crippen LogP contribution in [0.15, 0.2) is 17.8 Å². The minimum absolute atomic E-state index is 0.0530. The predicted molar refractivity (Wildman–Crippen MR) is 97.4 cm³/mol. The van der Waals surface area contributed by atoms with Gasteiger partial charge < -0.3 is 10.6 Å². The number of hydrogen-bond donors (Lipinski definition) is 2. The molecule has 7 heteroatoms. The second-order valence-corrected chi connectivity index (χ2v) is 8.25. The van der Waals surface area contributed by atoms with Crippen molar-refractivity contribution in [3.63, 3.8) is 0 Å². The summed E-state index contributed by atoms with van der Waals surface area (Å²) < 4.78 is 1.80. The minimum atomic E-state index is -0.266. The van der Waals surface area contributed by atoms with Crippen LogP contribution in [0.4, 0.5) is 0 Å². The zero-order valence-electron chi connectivity index (χ0n) is 14.8. The van der Waals surface area contributed by atoms with E-state index in [1.807, 2.05) is 26.4 Å². The lowest BCUT2D eigenvalue weighted by atomic mass is 9.88. The first kappa shape index (κ1) is 16.7.